The number of aromatic nitrogens is 4. The highest BCUT2D eigenvalue weighted by Crippen LogP contribution is 2.48. The van der Waals surface area contributed by atoms with Crippen LogP contribution in [0.15, 0.2) is 11.1 Å². The molecule has 178 valence electrons. The summed E-state index contributed by atoms with van der Waals surface area (Å²) in [4.78, 5) is 36.1. The van der Waals surface area contributed by atoms with Crippen molar-refractivity contribution in [2.75, 3.05) is 5.32 Å². The Labute approximate surface area is 193 Å². The van der Waals surface area contributed by atoms with Crippen molar-refractivity contribution in [2.24, 2.45) is 5.92 Å². The number of amides is 1. The highest BCUT2D eigenvalue weighted by atomic mass is 32.2. The molecule has 11 heteroatoms. The molecule has 3 heterocycles. The molecule has 4 atom stereocenters. The van der Waals surface area contributed by atoms with Crippen LogP contribution in [0.2, 0.25) is 18.1 Å². The molecule has 0 unspecified atom stereocenters. The number of imidazole rings is 1. The van der Waals surface area contributed by atoms with E-state index in [4.69, 9.17) is 4.43 Å². The summed E-state index contributed by atoms with van der Waals surface area (Å²) < 4.78 is 8.49. The van der Waals surface area contributed by atoms with Crippen molar-refractivity contribution in [3.05, 3.63) is 16.7 Å². The van der Waals surface area contributed by atoms with E-state index in [2.05, 4.69) is 54.1 Å². The van der Waals surface area contributed by atoms with Crippen LogP contribution in [0, 0.1) is 5.92 Å². The molecular formula is C21H35N5O4SSi. The summed E-state index contributed by atoms with van der Waals surface area (Å²) in [6.45, 7) is 16.4. The Kier molecular flexibility index (Phi) is 6.95. The summed E-state index contributed by atoms with van der Waals surface area (Å²) in [5.41, 5.74) is 0.122. The topological polar surface area (TPSA) is 122 Å². The van der Waals surface area contributed by atoms with E-state index < -0.39 is 26.1 Å². The largest absolute Gasteiger partial charge is 0.408 e. The highest BCUT2D eigenvalue weighted by Gasteiger charge is 2.49. The van der Waals surface area contributed by atoms with Gasteiger partial charge >= 0.3 is 0 Å². The van der Waals surface area contributed by atoms with E-state index in [-0.39, 0.29) is 39.0 Å². The number of aliphatic hydroxyl groups is 1. The van der Waals surface area contributed by atoms with Crippen molar-refractivity contribution in [1.29, 1.82) is 0 Å². The molecule has 0 aromatic carbocycles. The molecule has 0 saturated carbocycles. The third-order valence-electron chi connectivity index (χ3n) is 6.42. The Morgan fingerprint density at radius 1 is 1.41 bits per heavy atom. The lowest BCUT2D eigenvalue weighted by molar-refractivity contribution is -0.118. The first-order valence-corrected chi connectivity index (χ1v) is 14.9. The number of carbonyl (C=O) groups is 1. The van der Waals surface area contributed by atoms with E-state index in [1.807, 2.05) is 6.92 Å². The normalized spacial score (nSPS) is 24.4. The number of H-pyrrole nitrogens is 1. The zero-order valence-electron chi connectivity index (χ0n) is 20.1. The molecule has 1 aliphatic heterocycles. The average Bonchev–Trinajstić information content (AvgIpc) is 3.22. The third-order valence-corrected chi connectivity index (χ3v) is 12.6. The van der Waals surface area contributed by atoms with Crippen LogP contribution in [0.5, 0.6) is 0 Å². The van der Waals surface area contributed by atoms with Gasteiger partial charge in [0.15, 0.2) is 19.5 Å². The summed E-state index contributed by atoms with van der Waals surface area (Å²) in [6, 6.07) is 0. The maximum Gasteiger partial charge on any atom is 0.280 e. The molecule has 3 rings (SSSR count). The number of fused-ring (bicyclic) bond motifs is 1. The van der Waals surface area contributed by atoms with Crippen molar-refractivity contribution >= 4 is 43.1 Å². The lowest BCUT2D eigenvalue weighted by Gasteiger charge is -2.40. The minimum atomic E-state index is -2.18. The molecule has 32 heavy (non-hydrogen) atoms. The first-order chi connectivity index (χ1) is 14.8. The van der Waals surface area contributed by atoms with E-state index in [0.717, 1.165) is 6.42 Å². The van der Waals surface area contributed by atoms with Gasteiger partial charge in [-0.05, 0) is 24.6 Å². The first kappa shape index (κ1) is 24.9. The second kappa shape index (κ2) is 8.92. The maximum atomic E-state index is 12.6. The van der Waals surface area contributed by atoms with Crippen LogP contribution < -0.4 is 10.9 Å². The Bertz CT molecular complexity index is 1040. The van der Waals surface area contributed by atoms with E-state index in [1.165, 1.54) is 0 Å². The lowest BCUT2D eigenvalue weighted by atomic mass is 10.1. The van der Waals surface area contributed by atoms with Crippen LogP contribution in [0.3, 0.4) is 0 Å². The predicted molar refractivity (Wildman–Crippen MR) is 130 cm³/mol. The van der Waals surface area contributed by atoms with Gasteiger partial charge in [-0.2, -0.15) is 4.98 Å². The van der Waals surface area contributed by atoms with Gasteiger partial charge in [0.2, 0.25) is 11.9 Å². The first-order valence-electron chi connectivity index (χ1n) is 11.1. The van der Waals surface area contributed by atoms with Crippen LogP contribution in [-0.2, 0) is 9.22 Å². The molecule has 9 nitrogen and oxygen atoms in total. The highest BCUT2D eigenvalue weighted by molar-refractivity contribution is 8.00. The van der Waals surface area contributed by atoms with Gasteiger partial charge in [-0.15, -0.1) is 11.8 Å². The predicted octanol–water partition coefficient (Wildman–Crippen LogP) is 3.49. The second-order valence-corrected chi connectivity index (χ2v) is 16.3. The van der Waals surface area contributed by atoms with Crippen LogP contribution in [0.25, 0.3) is 11.2 Å². The standard InChI is InChI=1S/C21H35N5O4SSi/c1-9-12-14(27)15(30-32(7,8)21(4,5)6)19(31-12)26-10-22-13-16(26)23-20(25-18(13)29)24-17(28)11(2)3/h10-12,14-15,19,27H,9H2,1-8H3,(H2,23,24,25,28,29)/t12-,14-,15-,19-/m1/s1. The Hall–Kier alpha value is -1.69. The minimum absolute atomic E-state index is 0.00525. The monoisotopic (exact) mass is 481 g/mol. The van der Waals surface area contributed by atoms with Gasteiger partial charge in [0.1, 0.15) is 11.5 Å². The lowest BCUT2D eigenvalue weighted by Crippen LogP contribution is -2.48. The molecule has 3 N–H and O–H groups in total. The summed E-state index contributed by atoms with van der Waals surface area (Å²) in [7, 11) is -2.18. The SMILES string of the molecule is CC[C@H]1S[C@@H](n2cnc3c(=O)[nH]c(NC(=O)C(C)C)nc32)[C@H](O[Si](C)(C)C(C)(C)C)[C@@H]1O. The molecule has 1 fully saturated rings. The average molecular weight is 482 g/mol. The smallest absolute Gasteiger partial charge is 0.280 e. The fourth-order valence-electron chi connectivity index (χ4n) is 3.36. The maximum absolute atomic E-state index is 12.6. The van der Waals surface area contributed by atoms with Crippen LogP contribution in [-0.4, -0.2) is 56.3 Å². The fraction of sp³-hybridized carbons (Fsp3) is 0.714. The second-order valence-electron chi connectivity index (χ2n) is 10.2. The number of thioether (sulfide) groups is 1. The summed E-state index contributed by atoms with van der Waals surface area (Å²) in [5.74, 6) is -0.413. The molecule has 2 aromatic heterocycles. The van der Waals surface area contributed by atoms with Crippen molar-refractivity contribution in [1.82, 2.24) is 19.5 Å². The summed E-state index contributed by atoms with van der Waals surface area (Å²) >= 11 is 1.61. The number of hydrogen-bond acceptors (Lipinski definition) is 7. The number of anilines is 1. The van der Waals surface area contributed by atoms with Gasteiger partial charge in [0.05, 0.1) is 12.4 Å². The number of hydrogen-bond donors (Lipinski definition) is 3. The summed E-state index contributed by atoms with van der Waals surface area (Å²) in [6.07, 6.45) is 1.25. The molecule has 0 aliphatic carbocycles. The quantitative estimate of drug-likeness (QED) is 0.540. The van der Waals surface area contributed by atoms with Crippen LogP contribution in [0.1, 0.15) is 53.3 Å². The van der Waals surface area contributed by atoms with E-state index in [0.29, 0.717) is 5.65 Å². The number of carbonyl (C=O) groups excluding carboxylic acids is 1. The van der Waals surface area contributed by atoms with Gasteiger partial charge in [0, 0.05) is 11.2 Å². The van der Waals surface area contributed by atoms with Crippen molar-refractivity contribution in [2.45, 2.75) is 88.9 Å². The van der Waals surface area contributed by atoms with Gasteiger partial charge < -0.3 is 9.53 Å². The summed E-state index contributed by atoms with van der Waals surface area (Å²) in [5, 5.41) is 13.4. The van der Waals surface area contributed by atoms with Crippen LogP contribution >= 0.6 is 11.8 Å². The number of aromatic amines is 1. The number of nitrogens with zero attached hydrogens (tertiary/aromatic N) is 3. The minimum Gasteiger partial charge on any atom is -0.408 e. The van der Waals surface area contributed by atoms with E-state index in [9.17, 15) is 14.7 Å². The zero-order valence-corrected chi connectivity index (χ0v) is 21.9. The Morgan fingerprint density at radius 2 is 2.06 bits per heavy atom. The molecule has 1 aliphatic rings. The number of rotatable bonds is 6. The van der Waals surface area contributed by atoms with E-state index in [1.54, 1.807) is 36.5 Å². The van der Waals surface area contributed by atoms with Crippen LogP contribution in [0.4, 0.5) is 5.95 Å². The van der Waals surface area contributed by atoms with Crippen molar-refractivity contribution in [3.8, 4) is 0 Å². The molecule has 1 amide bonds. The van der Waals surface area contributed by atoms with Crippen molar-refractivity contribution in [3.63, 3.8) is 0 Å². The fourth-order valence-corrected chi connectivity index (χ4v) is 6.28. The zero-order chi connectivity index (χ0) is 24.0. The van der Waals surface area contributed by atoms with Gasteiger partial charge in [-0.1, -0.05) is 41.5 Å². The molecule has 2 aromatic rings. The van der Waals surface area contributed by atoms with E-state index >= 15 is 0 Å². The van der Waals surface area contributed by atoms with Gasteiger partial charge in [-0.25, -0.2) is 4.98 Å². The molecule has 0 spiro atoms. The van der Waals surface area contributed by atoms with Gasteiger partial charge in [-0.3, -0.25) is 24.5 Å². The molecule has 1 saturated heterocycles. The van der Waals surface area contributed by atoms with Crippen molar-refractivity contribution < 1.29 is 14.3 Å². The molecular weight excluding hydrogens is 446 g/mol. The number of nitrogens with one attached hydrogen (secondary N) is 2. The Balaban J connectivity index is 2.05. The number of aliphatic hydroxyl groups excluding tert-OH is 1. The molecule has 0 radical (unpaired) electrons. The molecule has 0 bridgehead atoms. The third kappa shape index (κ3) is 4.66. The Morgan fingerprint density at radius 3 is 2.62 bits per heavy atom. The van der Waals surface area contributed by atoms with Gasteiger partial charge in [0.25, 0.3) is 5.56 Å².